The van der Waals surface area contributed by atoms with Crippen LogP contribution in [0.5, 0.6) is 0 Å². The van der Waals surface area contributed by atoms with E-state index in [0.29, 0.717) is 9.87 Å². The molecule has 1 amide bonds. The molecular weight excluding hydrogens is 316 g/mol. The van der Waals surface area contributed by atoms with E-state index in [-0.39, 0.29) is 8.55 Å². The van der Waals surface area contributed by atoms with Gasteiger partial charge in [0.05, 0.1) is 10.9 Å². The topological polar surface area (TPSA) is 118 Å². The normalized spacial score (nSPS) is 11.7. The first-order valence-corrected chi connectivity index (χ1v) is 7.54. The molecule has 0 aromatic carbocycles. The Kier molecular flexibility index (Phi) is 4.91. The molecule has 0 spiro atoms. The molecular formula is C9H11ClN2O5S2. The molecule has 0 radical (unpaired) electrons. The third-order valence-electron chi connectivity index (χ3n) is 2.07. The van der Waals surface area contributed by atoms with Crippen molar-refractivity contribution in [3.8, 4) is 0 Å². The standard InChI is InChI=1S/C9H11ClN2O5S2/c1-5-2-8(18-9(5)10)19(16,17)12(3-6(11)13)4-7(14)15/h2H,3-4H2,1H3,(H2,11,13)(H,14,15). The van der Waals surface area contributed by atoms with Gasteiger partial charge in [-0.25, -0.2) is 8.42 Å². The summed E-state index contributed by atoms with van der Waals surface area (Å²) in [6, 6.07) is 1.32. The minimum absolute atomic E-state index is 0.127. The molecule has 0 aliphatic rings. The fourth-order valence-corrected chi connectivity index (χ4v) is 4.46. The lowest BCUT2D eigenvalue weighted by Crippen LogP contribution is -2.41. The molecule has 7 nitrogen and oxygen atoms in total. The number of amides is 1. The summed E-state index contributed by atoms with van der Waals surface area (Å²) in [4.78, 5) is 21.5. The highest BCUT2D eigenvalue weighted by molar-refractivity contribution is 7.91. The van der Waals surface area contributed by atoms with Crippen molar-refractivity contribution in [3.63, 3.8) is 0 Å². The Labute approximate surface area is 118 Å². The van der Waals surface area contributed by atoms with Crippen LogP contribution in [0.4, 0.5) is 0 Å². The summed E-state index contributed by atoms with van der Waals surface area (Å²) in [6.45, 7) is 0.0660. The van der Waals surface area contributed by atoms with Crippen LogP contribution < -0.4 is 5.73 Å². The summed E-state index contributed by atoms with van der Waals surface area (Å²) in [6.07, 6.45) is 0. The van der Waals surface area contributed by atoms with Crippen LogP contribution in [0.15, 0.2) is 10.3 Å². The number of nitrogens with zero attached hydrogens (tertiary/aromatic N) is 1. The summed E-state index contributed by atoms with van der Waals surface area (Å²) in [7, 11) is -4.11. The quantitative estimate of drug-likeness (QED) is 0.778. The molecule has 1 aromatic heterocycles. The molecule has 1 rings (SSSR count). The van der Waals surface area contributed by atoms with Crippen molar-refractivity contribution in [2.45, 2.75) is 11.1 Å². The highest BCUT2D eigenvalue weighted by atomic mass is 35.5. The van der Waals surface area contributed by atoms with Crippen LogP contribution >= 0.6 is 22.9 Å². The Morgan fingerprint density at radius 3 is 2.42 bits per heavy atom. The second-order valence-electron chi connectivity index (χ2n) is 3.66. The number of rotatable bonds is 6. The zero-order valence-electron chi connectivity index (χ0n) is 9.79. The average molecular weight is 327 g/mol. The van der Waals surface area contributed by atoms with Gasteiger partial charge in [0.25, 0.3) is 10.0 Å². The Bertz CT molecular complexity index is 575. The molecule has 106 valence electrons. The highest BCUT2D eigenvalue weighted by Gasteiger charge is 2.29. The van der Waals surface area contributed by atoms with E-state index in [9.17, 15) is 18.0 Å². The third-order valence-corrected chi connectivity index (χ3v) is 5.87. The fraction of sp³-hybridized carbons (Fsp3) is 0.333. The van der Waals surface area contributed by atoms with Crippen LogP contribution in [-0.4, -0.2) is 42.8 Å². The second-order valence-corrected chi connectivity index (χ2v) is 7.47. The third kappa shape index (κ3) is 3.90. The summed E-state index contributed by atoms with van der Waals surface area (Å²) < 4.78 is 25.0. The molecule has 1 aromatic rings. The number of nitrogens with two attached hydrogens (primary N) is 1. The number of hydrogen-bond donors (Lipinski definition) is 2. The van der Waals surface area contributed by atoms with Gasteiger partial charge in [0.1, 0.15) is 10.8 Å². The lowest BCUT2D eigenvalue weighted by atomic mass is 10.4. The van der Waals surface area contributed by atoms with E-state index in [4.69, 9.17) is 22.4 Å². The van der Waals surface area contributed by atoms with Crippen molar-refractivity contribution in [3.05, 3.63) is 16.0 Å². The van der Waals surface area contributed by atoms with E-state index in [1.54, 1.807) is 6.92 Å². The maximum Gasteiger partial charge on any atom is 0.318 e. The predicted molar refractivity (Wildman–Crippen MR) is 69.7 cm³/mol. The van der Waals surface area contributed by atoms with Crippen LogP contribution in [0.2, 0.25) is 4.34 Å². The van der Waals surface area contributed by atoms with Gasteiger partial charge in [0.15, 0.2) is 0 Å². The van der Waals surface area contributed by atoms with Crippen molar-refractivity contribution in [2.24, 2.45) is 5.73 Å². The molecule has 0 aliphatic heterocycles. The molecule has 0 atom stereocenters. The number of halogens is 1. The number of thiophene rings is 1. The minimum Gasteiger partial charge on any atom is -0.480 e. The molecule has 19 heavy (non-hydrogen) atoms. The number of sulfonamides is 1. The lowest BCUT2D eigenvalue weighted by molar-refractivity contribution is -0.137. The van der Waals surface area contributed by atoms with Gasteiger partial charge in [-0.15, -0.1) is 11.3 Å². The van der Waals surface area contributed by atoms with E-state index in [0.717, 1.165) is 11.3 Å². The largest absolute Gasteiger partial charge is 0.480 e. The van der Waals surface area contributed by atoms with Crippen LogP contribution in [0.3, 0.4) is 0 Å². The first kappa shape index (κ1) is 15.9. The summed E-state index contributed by atoms with van der Waals surface area (Å²) in [5.41, 5.74) is 5.47. The Morgan fingerprint density at radius 1 is 1.47 bits per heavy atom. The Morgan fingerprint density at radius 2 is 2.05 bits per heavy atom. The van der Waals surface area contributed by atoms with Gasteiger partial charge in [-0.3, -0.25) is 9.59 Å². The summed E-state index contributed by atoms with van der Waals surface area (Å²) in [5.74, 6) is -2.33. The highest BCUT2D eigenvalue weighted by Crippen LogP contribution is 2.31. The SMILES string of the molecule is Cc1cc(S(=O)(=O)N(CC(N)=O)CC(=O)O)sc1Cl. The molecule has 0 aliphatic carbocycles. The number of carbonyl (C=O) groups is 2. The number of hydrogen-bond acceptors (Lipinski definition) is 5. The maximum atomic E-state index is 12.2. The van der Waals surface area contributed by atoms with Crippen LogP contribution in [0, 0.1) is 6.92 Å². The van der Waals surface area contributed by atoms with Gasteiger partial charge in [0, 0.05) is 0 Å². The Hall–Kier alpha value is -1.16. The number of aliphatic carboxylic acids is 1. The van der Waals surface area contributed by atoms with Crippen molar-refractivity contribution in [1.29, 1.82) is 0 Å². The zero-order valence-corrected chi connectivity index (χ0v) is 12.2. The van der Waals surface area contributed by atoms with Crippen LogP contribution in [-0.2, 0) is 19.6 Å². The number of carboxylic acids is 1. The van der Waals surface area contributed by atoms with E-state index < -0.39 is 35.0 Å². The smallest absolute Gasteiger partial charge is 0.318 e. The number of carbonyl (C=O) groups excluding carboxylic acids is 1. The molecule has 0 unspecified atom stereocenters. The van der Waals surface area contributed by atoms with Crippen molar-refractivity contribution in [2.75, 3.05) is 13.1 Å². The zero-order chi connectivity index (χ0) is 14.8. The molecule has 0 fully saturated rings. The first-order valence-electron chi connectivity index (χ1n) is 4.90. The van der Waals surface area contributed by atoms with Gasteiger partial charge >= 0.3 is 5.97 Å². The lowest BCUT2D eigenvalue weighted by Gasteiger charge is -2.17. The predicted octanol–water partition coefficient (Wildman–Crippen LogP) is 0.271. The average Bonchev–Trinajstić information content (AvgIpc) is 2.57. The van der Waals surface area contributed by atoms with Gasteiger partial charge in [0.2, 0.25) is 5.91 Å². The second kappa shape index (κ2) is 5.87. The fourth-order valence-electron chi connectivity index (χ4n) is 1.24. The number of primary amides is 1. The molecule has 0 saturated carbocycles. The van der Waals surface area contributed by atoms with Gasteiger partial charge < -0.3 is 10.8 Å². The summed E-state index contributed by atoms with van der Waals surface area (Å²) in [5, 5.41) is 8.69. The van der Waals surface area contributed by atoms with Crippen molar-refractivity contribution < 1.29 is 23.1 Å². The van der Waals surface area contributed by atoms with E-state index in [1.165, 1.54) is 6.07 Å². The van der Waals surface area contributed by atoms with Crippen LogP contribution in [0.25, 0.3) is 0 Å². The number of carboxylic acid groups (broad SMARTS) is 1. The van der Waals surface area contributed by atoms with Gasteiger partial charge in [-0.2, -0.15) is 4.31 Å². The van der Waals surface area contributed by atoms with Crippen LogP contribution in [0.1, 0.15) is 5.56 Å². The van der Waals surface area contributed by atoms with Gasteiger partial charge in [-0.1, -0.05) is 11.6 Å². The molecule has 0 saturated heterocycles. The Balaban J connectivity index is 3.18. The van der Waals surface area contributed by atoms with Gasteiger partial charge in [-0.05, 0) is 18.6 Å². The first-order chi connectivity index (χ1) is 8.64. The minimum atomic E-state index is -4.11. The molecule has 10 heteroatoms. The van der Waals surface area contributed by atoms with Crippen molar-refractivity contribution >= 4 is 44.8 Å². The molecule has 3 N–H and O–H groups in total. The van der Waals surface area contributed by atoms with Crippen molar-refractivity contribution in [1.82, 2.24) is 4.31 Å². The molecule has 0 bridgehead atoms. The maximum absolute atomic E-state index is 12.2. The monoisotopic (exact) mass is 326 g/mol. The number of aryl methyl sites for hydroxylation is 1. The summed E-state index contributed by atoms with van der Waals surface area (Å²) >= 11 is 6.57. The molecule has 1 heterocycles. The van der Waals surface area contributed by atoms with E-state index in [1.807, 2.05) is 0 Å². The van der Waals surface area contributed by atoms with E-state index in [2.05, 4.69) is 0 Å². The van der Waals surface area contributed by atoms with E-state index >= 15 is 0 Å².